The topological polar surface area (TPSA) is 122 Å². The number of rotatable bonds is 3. The molecular weight excluding hydrogens is 592 g/mol. The van der Waals surface area contributed by atoms with Crippen LogP contribution in [0.1, 0.15) is 56.8 Å². The van der Waals surface area contributed by atoms with Crippen LogP contribution in [-0.4, -0.2) is 27.9 Å². The second-order valence-electron chi connectivity index (χ2n) is 10.9. The molecule has 0 amide bonds. The van der Waals surface area contributed by atoms with E-state index in [0.717, 1.165) is 10.0 Å². The number of aromatic nitrogens is 1. The molecule has 1 fully saturated rings. The van der Waals surface area contributed by atoms with Gasteiger partial charge in [-0.15, -0.1) is 0 Å². The number of fused-ring (bicyclic) bond motifs is 4. The minimum absolute atomic E-state index is 0.0351. The van der Waals surface area contributed by atoms with Crippen LogP contribution in [0.25, 0.3) is 0 Å². The lowest BCUT2D eigenvalue weighted by Gasteiger charge is -2.51. The number of ether oxygens (including phenoxy) is 2. The molecule has 1 aromatic heterocycles. The summed E-state index contributed by atoms with van der Waals surface area (Å²) in [5.74, 6) is -2.47. The molecule has 41 heavy (non-hydrogen) atoms. The highest BCUT2D eigenvalue weighted by Gasteiger charge is 2.67. The molecule has 0 unspecified atom stereocenters. The van der Waals surface area contributed by atoms with Gasteiger partial charge < -0.3 is 14.0 Å². The number of aryl methyl sites for hydroxylation is 2. The van der Waals surface area contributed by atoms with Crippen molar-refractivity contribution in [1.82, 2.24) is 5.16 Å². The molecule has 4 aromatic rings. The van der Waals surface area contributed by atoms with Crippen LogP contribution in [0.3, 0.4) is 0 Å². The van der Waals surface area contributed by atoms with Crippen LogP contribution in [0.5, 0.6) is 11.5 Å². The van der Waals surface area contributed by atoms with Crippen molar-refractivity contribution in [2.75, 3.05) is 0 Å². The normalized spacial score (nSPS) is 26.1. The number of carbonyl (C=O) groups is 2. The van der Waals surface area contributed by atoms with E-state index in [-0.39, 0.29) is 29.3 Å². The van der Waals surface area contributed by atoms with Gasteiger partial charge in [-0.05, 0) is 56.2 Å². The lowest BCUT2D eigenvalue weighted by atomic mass is 9.52. The minimum Gasteiger partial charge on any atom is -0.488 e. The first kappa shape index (κ1) is 25.6. The van der Waals surface area contributed by atoms with Gasteiger partial charge in [0.2, 0.25) is 5.76 Å². The molecule has 0 bridgehead atoms. The molecule has 1 spiro atoms. The second kappa shape index (κ2) is 9.10. The highest BCUT2D eigenvalue weighted by molar-refractivity contribution is 9.10. The van der Waals surface area contributed by atoms with Gasteiger partial charge in [0.05, 0.1) is 22.3 Å². The molecule has 206 valence electrons. The van der Waals surface area contributed by atoms with E-state index in [2.05, 4.69) is 21.1 Å². The largest absolute Gasteiger partial charge is 0.488 e. The summed E-state index contributed by atoms with van der Waals surface area (Å²) in [6, 6.07) is 20.0. The van der Waals surface area contributed by atoms with Gasteiger partial charge in [0.1, 0.15) is 23.0 Å². The molecular formula is C31H23BrN2O7. The predicted molar refractivity (Wildman–Crippen MR) is 149 cm³/mol. The average molecular weight is 615 g/mol. The zero-order valence-corrected chi connectivity index (χ0v) is 23.6. The summed E-state index contributed by atoms with van der Waals surface area (Å²) >= 11 is 3.55. The molecule has 3 heterocycles. The zero-order chi connectivity index (χ0) is 28.6. The molecule has 1 aliphatic carbocycles. The Balaban J connectivity index is 1.57. The van der Waals surface area contributed by atoms with E-state index in [1.807, 2.05) is 49.4 Å². The number of esters is 1. The summed E-state index contributed by atoms with van der Waals surface area (Å²) in [5.41, 5.74) is 1.09. The molecule has 1 saturated carbocycles. The third-order valence-corrected chi connectivity index (χ3v) is 9.16. The van der Waals surface area contributed by atoms with Gasteiger partial charge in [-0.1, -0.05) is 63.0 Å². The van der Waals surface area contributed by atoms with Crippen LogP contribution in [-0.2, 0) is 10.2 Å². The molecule has 0 radical (unpaired) electrons. The molecule has 9 nitrogen and oxygen atoms in total. The Morgan fingerprint density at radius 1 is 1.02 bits per heavy atom. The molecule has 0 saturated heterocycles. The quantitative estimate of drug-likeness (QED) is 0.113. The monoisotopic (exact) mass is 614 g/mol. The number of para-hydroxylation sites is 1. The number of Topliss-reactive ketones (excluding diaryl/α,β-unsaturated/α-hetero) is 1. The van der Waals surface area contributed by atoms with Crippen LogP contribution in [0.4, 0.5) is 5.69 Å². The van der Waals surface area contributed by atoms with Crippen molar-refractivity contribution in [3.05, 3.63) is 115 Å². The summed E-state index contributed by atoms with van der Waals surface area (Å²) in [6.45, 7) is 3.39. The molecule has 7 rings (SSSR count). The number of carbonyl (C=O) groups excluding carboxylic acids is 2. The fraction of sp³-hybridized carbons (Fsp3) is 0.258. The maximum absolute atomic E-state index is 14.2. The molecule has 10 heteroatoms. The van der Waals surface area contributed by atoms with Crippen LogP contribution in [0.2, 0.25) is 0 Å². The van der Waals surface area contributed by atoms with E-state index in [1.54, 1.807) is 24.3 Å². The third-order valence-electron chi connectivity index (χ3n) is 8.67. The molecule has 3 aliphatic rings. The van der Waals surface area contributed by atoms with Crippen molar-refractivity contribution < 1.29 is 28.5 Å². The number of halogens is 1. The van der Waals surface area contributed by atoms with E-state index in [4.69, 9.17) is 14.0 Å². The Morgan fingerprint density at radius 3 is 2.61 bits per heavy atom. The van der Waals surface area contributed by atoms with Crippen molar-refractivity contribution in [3.63, 3.8) is 0 Å². The number of hydrogen-bond acceptors (Lipinski definition) is 8. The fourth-order valence-electron chi connectivity index (χ4n) is 7.05. The van der Waals surface area contributed by atoms with Crippen LogP contribution in [0, 0.1) is 29.9 Å². The predicted octanol–water partition coefficient (Wildman–Crippen LogP) is 6.35. The SMILES string of the molecule is Cc1ccc2c(c1)C(=O)[C@H]1C[C@]3(C(=O)Oc4ccccc43)[C@H](c3cccc(Br)c3)[C@@H](c3onc(C)c3[N+](=O)[O-])[C@@H]1O2. The number of ketones is 1. The van der Waals surface area contributed by atoms with Crippen LogP contribution >= 0.6 is 15.9 Å². The fourth-order valence-corrected chi connectivity index (χ4v) is 7.46. The van der Waals surface area contributed by atoms with Crippen LogP contribution in [0.15, 0.2) is 75.7 Å². The summed E-state index contributed by atoms with van der Waals surface area (Å²) in [7, 11) is 0. The van der Waals surface area contributed by atoms with E-state index in [1.165, 1.54) is 6.92 Å². The Labute approximate surface area is 242 Å². The van der Waals surface area contributed by atoms with Gasteiger partial charge in [0.25, 0.3) is 0 Å². The maximum atomic E-state index is 14.2. The third kappa shape index (κ3) is 3.63. The Hall–Kier alpha value is -4.31. The highest BCUT2D eigenvalue weighted by atomic mass is 79.9. The Morgan fingerprint density at radius 2 is 1.83 bits per heavy atom. The maximum Gasteiger partial charge on any atom is 0.334 e. The van der Waals surface area contributed by atoms with Crippen LogP contribution < -0.4 is 9.47 Å². The van der Waals surface area contributed by atoms with Gasteiger partial charge in [-0.25, -0.2) is 0 Å². The number of hydrogen-bond donors (Lipinski definition) is 0. The number of benzene rings is 3. The zero-order valence-electron chi connectivity index (χ0n) is 22.0. The first-order valence-electron chi connectivity index (χ1n) is 13.2. The van der Waals surface area contributed by atoms with Gasteiger partial charge in [-0.3, -0.25) is 19.7 Å². The van der Waals surface area contributed by atoms with E-state index < -0.39 is 40.2 Å². The van der Waals surface area contributed by atoms with Gasteiger partial charge in [0, 0.05) is 16.0 Å². The summed E-state index contributed by atoms with van der Waals surface area (Å²) in [4.78, 5) is 40.3. The first-order chi connectivity index (χ1) is 19.7. The minimum atomic E-state index is -1.36. The summed E-state index contributed by atoms with van der Waals surface area (Å²) in [6.07, 6.45) is -0.784. The van der Waals surface area contributed by atoms with E-state index in [9.17, 15) is 19.7 Å². The smallest absolute Gasteiger partial charge is 0.334 e. The Bertz CT molecular complexity index is 1780. The van der Waals surface area contributed by atoms with Crippen molar-refractivity contribution in [2.24, 2.45) is 5.92 Å². The number of nitro groups is 1. The molecule has 5 atom stereocenters. The number of nitrogens with zero attached hydrogens (tertiary/aromatic N) is 2. The second-order valence-corrected chi connectivity index (χ2v) is 11.8. The summed E-state index contributed by atoms with van der Waals surface area (Å²) < 4.78 is 19.0. The lowest BCUT2D eigenvalue weighted by molar-refractivity contribution is -0.387. The van der Waals surface area contributed by atoms with E-state index in [0.29, 0.717) is 28.2 Å². The standard InChI is InChI=1S/C31H23BrN2O7/c1-15-10-11-22-19(12-15)27(35)20-14-31(21-8-3-4-9-23(21)40-30(31)36)25(17-6-5-7-18(32)13-17)24(28(20)39-22)29-26(34(37)38)16(2)33-41-29/h3-13,20,24-25,28H,14H2,1-2H3/t20-,24-,25-,28-,31-/m1/s1. The molecule has 2 aliphatic heterocycles. The van der Waals surface area contributed by atoms with Crippen molar-refractivity contribution in [2.45, 2.75) is 43.6 Å². The van der Waals surface area contributed by atoms with Crippen molar-refractivity contribution in [1.29, 1.82) is 0 Å². The van der Waals surface area contributed by atoms with Crippen molar-refractivity contribution >= 4 is 33.4 Å². The Kier molecular flexibility index (Phi) is 5.69. The van der Waals surface area contributed by atoms with E-state index >= 15 is 0 Å². The lowest BCUT2D eigenvalue weighted by Crippen LogP contribution is -2.57. The van der Waals surface area contributed by atoms with Gasteiger partial charge >= 0.3 is 11.7 Å². The molecule has 0 N–H and O–H groups in total. The van der Waals surface area contributed by atoms with Crippen molar-refractivity contribution in [3.8, 4) is 11.5 Å². The first-order valence-corrected chi connectivity index (χ1v) is 14.0. The highest BCUT2D eigenvalue weighted by Crippen LogP contribution is 2.64. The summed E-state index contributed by atoms with van der Waals surface area (Å²) in [5, 5.41) is 16.3. The van der Waals surface area contributed by atoms with Gasteiger partial charge in [-0.2, -0.15) is 0 Å². The average Bonchev–Trinajstić information content (AvgIpc) is 3.46. The molecule has 3 aromatic carbocycles. The van der Waals surface area contributed by atoms with Gasteiger partial charge in [0.15, 0.2) is 11.5 Å².